The molecule has 0 aromatic heterocycles. The van der Waals surface area contributed by atoms with Gasteiger partial charge in [-0.15, -0.1) is 0 Å². The zero-order valence-corrected chi connectivity index (χ0v) is 17.5. The molecule has 1 saturated carbocycles. The smallest absolute Gasteiger partial charge is 0.265 e. The van der Waals surface area contributed by atoms with E-state index in [0.717, 1.165) is 17.7 Å². The normalized spacial score (nSPS) is 19.9. The van der Waals surface area contributed by atoms with Crippen LogP contribution in [0.15, 0.2) is 47.5 Å². The Morgan fingerprint density at radius 2 is 1.81 bits per heavy atom. The van der Waals surface area contributed by atoms with E-state index in [4.69, 9.17) is 9.47 Å². The van der Waals surface area contributed by atoms with Crippen molar-refractivity contribution in [2.75, 3.05) is 19.1 Å². The number of hydrogen-bond donors (Lipinski definition) is 0. The van der Waals surface area contributed by atoms with Gasteiger partial charge in [0.05, 0.1) is 31.9 Å². The first-order valence-electron chi connectivity index (χ1n) is 10.2. The van der Waals surface area contributed by atoms with E-state index in [1.54, 1.807) is 48.7 Å². The predicted octanol–water partition coefficient (Wildman–Crippen LogP) is 3.88. The van der Waals surface area contributed by atoms with Crippen molar-refractivity contribution in [1.29, 1.82) is 5.26 Å². The van der Waals surface area contributed by atoms with Crippen LogP contribution in [0.3, 0.4) is 0 Å². The van der Waals surface area contributed by atoms with Crippen LogP contribution < -0.4 is 14.4 Å². The lowest BCUT2D eigenvalue weighted by atomic mass is 9.88. The van der Waals surface area contributed by atoms with Crippen molar-refractivity contribution in [1.82, 2.24) is 0 Å². The number of benzene rings is 2. The van der Waals surface area contributed by atoms with E-state index < -0.39 is 23.3 Å². The van der Waals surface area contributed by atoms with E-state index in [2.05, 4.69) is 11.1 Å². The van der Waals surface area contributed by atoms with Crippen molar-refractivity contribution >= 4 is 23.7 Å². The maximum Gasteiger partial charge on any atom is 0.265 e. The molecule has 158 valence electrons. The summed E-state index contributed by atoms with van der Waals surface area (Å²) >= 11 is 0. The minimum absolute atomic E-state index is 0.386. The Labute approximate surface area is 180 Å². The monoisotopic (exact) mass is 417 g/mol. The Kier molecular flexibility index (Phi) is 5.47. The number of carbonyl (C=O) groups is 2. The molecule has 2 aliphatic rings. The van der Waals surface area contributed by atoms with Crippen molar-refractivity contribution in [2.24, 2.45) is 4.99 Å². The summed E-state index contributed by atoms with van der Waals surface area (Å²) in [6.45, 7) is 0. The second-order valence-electron chi connectivity index (χ2n) is 7.71. The molecule has 0 bridgehead atoms. The Morgan fingerprint density at radius 3 is 2.48 bits per heavy atom. The van der Waals surface area contributed by atoms with Crippen molar-refractivity contribution in [3.63, 3.8) is 0 Å². The standard InChI is InChI=1S/C24H23N3O4/c1-30-20-10-9-16(13-21(20)31-2)27-22(28)18-8-4-3-7-17(18)19(23(27)29)14-26-24(15-25)11-5-6-12-24/h3-4,7-10,13-14,19H,5-6,11-12H2,1-2H3/t19-/m1/s1. The van der Waals surface area contributed by atoms with E-state index in [9.17, 15) is 14.9 Å². The number of nitriles is 1. The fourth-order valence-electron chi connectivity index (χ4n) is 4.26. The fraction of sp³-hybridized carbons (Fsp3) is 0.333. The summed E-state index contributed by atoms with van der Waals surface area (Å²) in [7, 11) is 3.01. The number of nitrogens with zero attached hydrogens (tertiary/aromatic N) is 3. The minimum Gasteiger partial charge on any atom is -0.493 e. The van der Waals surface area contributed by atoms with Gasteiger partial charge in [-0.3, -0.25) is 14.6 Å². The number of rotatable bonds is 5. The summed E-state index contributed by atoms with van der Waals surface area (Å²) in [5.74, 6) is -0.662. The highest BCUT2D eigenvalue weighted by Gasteiger charge is 2.40. The van der Waals surface area contributed by atoms with Crippen molar-refractivity contribution in [3.8, 4) is 17.6 Å². The Balaban J connectivity index is 1.78. The predicted molar refractivity (Wildman–Crippen MR) is 116 cm³/mol. The van der Waals surface area contributed by atoms with Crippen LogP contribution in [0.5, 0.6) is 11.5 Å². The van der Waals surface area contributed by atoms with Crippen LogP contribution in [0.2, 0.25) is 0 Å². The molecule has 1 heterocycles. The highest BCUT2D eigenvalue weighted by Crippen LogP contribution is 2.38. The average molecular weight is 417 g/mol. The number of amides is 2. The molecule has 7 nitrogen and oxygen atoms in total. The highest BCUT2D eigenvalue weighted by molar-refractivity contribution is 6.29. The van der Waals surface area contributed by atoms with Crippen LogP contribution in [0.25, 0.3) is 0 Å². The molecule has 2 aromatic rings. The number of anilines is 1. The zero-order valence-electron chi connectivity index (χ0n) is 17.5. The lowest BCUT2D eigenvalue weighted by Gasteiger charge is -2.31. The van der Waals surface area contributed by atoms with Gasteiger partial charge in [0.2, 0.25) is 5.91 Å². The van der Waals surface area contributed by atoms with E-state index in [0.29, 0.717) is 41.2 Å². The topological polar surface area (TPSA) is 92.0 Å². The Morgan fingerprint density at radius 1 is 1.10 bits per heavy atom. The fourth-order valence-corrected chi connectivity index (χ4v) is 4.26. The van der Waals surface area contributed by atoms with Gasteiger partial charge in [-0.1, -0.05) is 18.2 Å². The van der Waals surface area contributed by atoms with Gasteiger partial charge in [0.1, 0.15) is 5.54 Å². The van der Waals surface area contributed by atoms with Gasteiger partial charge in [-0.05, 0) is 49.4 Å². The maximum absolute atomic E-state index is 13.5. The molecule has 0 N–H and O–H groups in total. The third kappa shape index (κ3) is 3.55. The van der Waals surface area contributed by atoms with Crippen LogP contribution in [-0.2, 0) is 4.79 Å². The number of imide groups is 1. The molecule has 1 aliphatic carbocycles. The van der Waals surface area contributed by atoms with Crippen LogP contribution in [0, 0.1) is 11.3 Å². The van der Waals surface area contributed by atoms with Gasteiger partial charge < -0.3 is 9.47 Å². The number of hydrogen-bond acceptors (Lipinski definition) is 6. The summed E-state index contributed by atoms with van der Waals surface area (Å²) in [5.41, 5.74) is 0.636. The summed E-state index contributed by atoms with van der Waals surface area (Å²) < 4.78 is 10.6. The number of carbonyl (C=O) groups excluding carboxylic acids is 2. The first kappa shape index (κ1) is 20.6. The lowest BCUT2D eigenvalue weighted by Crippen LogP contribution is -2.45. The number of methoxy groups -OCH3 is 2. The van der Waals surface area contributed by atoms with Gasteiger partial charge >= 0.3 is 0 Å². The van der Waals surface area contributed by atoms with E-state index in [1.165, 1.54) is 14.2 Å². The van der Waals surface area contributed by atoms with E-state index in [1.807, 2.05) is 0 Å². The summed E-state index contributed by atoms with van der Waals surface area (Å²) in [4.78, 5) is 32.5. The van der Waals surface area contributed by atoms with Crippen molar-refractivity contribution in [2.45, 2.75) is 37.1 Å². The summed E-state index contributed by atoms with van der Waals surface area (Å²) in [6.07, 6.45) is 4.80. The molecular formula is C24H23N3O4. The molecule has 1 atom stereocenters. The number of ether oxygens (including phenoxy) is 2. The van der Waals surface area contributed by atoms with Gasteiger partial charge in [0, 0.05) is 17.8 Å². The third-order valence-electron chi connectivity index (χ3n) is 5.95. The molecule has 1 fully saturated rings. The largest absolute Gasteiger partial charge is 0.493 e. The van der Waals surface area contributed by atoms with Crippen molar-refractivity contribution in [3.05, 3.63) is 53.6 Å². The van der Waals surface area contributed by atoms with E-state index in [-0.39, 0.29) is 0 Å². The van der Waals surface area contributed by atoms with Gasteiger partial charge in [0.15, 0.2) is 11.5 Å². The molecule has 2 amide bonds. The van der Waals surface area contributed by atoms with Crippen LogP contribution in [0.4, 0.5) is 5.69 Å². The molecule has 1 aliphatic heterocycles. The quantitative estimate of drug-likeness (QED) is 0.544. The van der Waals surface area contributed by atoms with Gasteiger partial charge in [-0.25, -0.2) is 4.90 Å². The molecule has 0 saturated heterocycles. The maximum atomic E-state index is 13.5. The minimum atomic E-state index is -0.787. The molecule has 0 radical (unpaired) electrons. The van der Waals surface area contributed by atoms with Crippen LogP contribution in [-0.4, -0.2) is 37.8 Å². The SMILES string of the molecule is COc1ccc(N2C(=O)c3ccccc3[C@@H](C=NC3(C#N)CCCC3)C2=O)cc1OC. The van der Waals surface area contributed by atoms with Crippen LogP contribution in [0.1, 0.15) is 47.5 Å². The van der Waals surface area contributed by atoms with Crippen molar-refractivity contribution < 1.29 is 19.1 Å². The van der Waals surface area contributed by atoms with Gasteiger partial charge in [-0.2, -0.15) is 5.26 Å². The molecular weight excluding hydrogens is 394 g/mol. The highest BCUT2D eigenvalue weighted by atomic mass is 16.5. The molecule has 0 spiro atoms. The first-order valence-corrected chi connectivity index (χ1v) is 10.2. The molecule has 2 aromatic carbocycles. The molecule has 7 heteroatoms. The summed E-state index contributed by atoms with van der Waals surface area (Å²) in [6, 6.07) is 14.2. The second kappa shape index (κ2) is 8.23. The lowest BCUT2D eigenvalue weighted by molar-refractivity contribution is -0.118. The van der Waals surface area contributed by atoms with Gasteiger partial charge in [0.25, 0.3) is 5.91 Å². The number of fused-ring (bicyclic) bond motifs is 1. The van der Waals surface area contributed by atoms with Crippen LogP contribution >= 0.6 is 0 Å². The Bertz CT molecular complexity index is 1100. The van der Waals surface area contributed by atoms with E-state index >= 15 is 0 Å². The third-order valence-corrected chi connectivity index (χ3v) is 5.95. The number of aliphatic imine (C=N–C) groups is 1. The first-order chi connectivity index (χ1) is 15.0. The molecule has 31 heavy (non-hydrogen) atoms. The average Bonchev–Trinajstić information content (AvgIpc) is 3.28. The second-order valence-corrected chi connectivity index (χ2v) is 7.71. The molecule has 4 rings (SSSR count). The molecule has 0 unspecified atom stereocenters. The Hall–Kier alpha value is -3.66. The zero-order chi connectivity index (χ0) is 22.0. The summed E-state index contributed by atoms with van der Waals surface area (Å²) in [5, 5.41) is 9.65.